The molecule has 0 saturated heterocycles. The average Bonchev–Trinajstić information content (AvgIpc) is 3.05. The van der Waals surface area contributed by atoms with Gasteiger partial charge in [-0.15, -0.1) is 11.8 Å². The second-order valence-corrected chi connectivity index (χ2v) is 6.68. The molecule has 1 aliphatic heterocycles. The molecule has 1 aliphatic carbocycles. The number of hydrazine groups is 1. The van der Waals surface area contributed by atoms with Crippen LogP contribution in [0.25, 0.3) is 0 Å². The molecule has 1 fully saturated rings. The molecule has 0 bridgehead atoms. The third kappa shape index (κ3) is 2.44. The van der Waals surface area contributed by atoms with Crippen molar-refractivity contribution in [3.05, 3.63) is 29.8 Å². The maximum atomic E-state index is 5.83. The number of thioether (sulfide) groups is 1. The van der Waals surface area contributed by atoms with E-state index in [1.807, 2.05) is 11.8 Å². The summed E-state index contributed by atoms with van der Waals surface area (Å²) in [6.45, 7) is 0. The first-order valence-corrected chi connectivity index (χ1v) is 8.05. The fourth-order valence-electron chi connectivity index (χ4n) is 3.47. The van der Waals surface area contributed by atoms with Crippen LogP contribution in [0.4, 0.5) is 0 Å². The molecule has 1 aromatic carbocycles. The number of fused-ring (bicyclic) bond motifs is 1. The molecule has 0 radical (unpaired) electrons. The third-order valence-corrected chi connectivity index (χ3v) is 5.71. The van der Waals surface area contributed by atoms with Gasteiger partial charge >= 0.3 is 0 Å². The first-order chi connectivity index (χ1) is 8.88. The highest BCUT2D eigenvalue weighted by Crippen LogP contribution is 2.43. The summed E-state index contributed by atoms with van der Waals surface area (Å²) >= 11 is 1.98. The van der Waals surface area contributed by atoms with Crippen LogP contribution in [0.3, 0.4) is 0 Å². The summed E-state index contributed by atoms with van der Waals surface area (Å²) in [6.07, 6.45) is 6.88. The second-order valence-electron chi connectivity index (χ2n) is 5.61. The Bertz CT molecular complexity index is 401. The molecule has 3 heteroatoms. The van der Waals surface area contributed by atoms with Crippen LogP contribution >= 0.6 is 11.8 Å². The first kappa shape index (κ1) is 12.5. The van der Waals surface area contributed by atoms with Crippen LogP contribution in [-0.4, -0.2) is 11.8 Å². The van der Waals surface area contributed by atoms with Gasteiger partial charge in [0.05, 0.1) is 0 Å². The van der Waals surface area contributed by atoms with Crippen molar-refractivity contribution in [1.82, 2.24) is 5.43 Å². The third-order valence-electron chi connectivity index (χ3n) is 4.50. The zero-order valence-corrected chi connectivity index (χ0v) is 11.6. The smallest absolute Gasteiger partial charge is 0.0290 e. The van der Waals surface area contributed by atoms with Gasteiger partial charge < -0.3 is 0 Å². The lowest BCUT2D eigenvalue weighted by Crippen LogP contribution is -2.41. The van der Waals surface area contributed by atoms with Crippen LogP contribution in [0.5, 0.6) is 0 Å². The maximum Gasteiger partial charge on any atom is 0.0290 e. The summed E-state index contributed by atoms with van der Waals surface area (Å²) in [6, 6.07) is 9.25. The lowest BCUT2D eigenvalue weighted by Gasteiger charge is -2.25. The zero-order valence-electron chi connectivity index (χ0n) is 10.8. The van der Waals surface area contributed by atoms with Crippen LogP contribution in [0.2, 0.25) is 0 Å². The Morgan fingerprint density at radius 1 is 1.28 bits per heavy atom. The number of rotatable bonds is 4. The van der Waals surface area contributed by atoms with Gasteiger partial charge in [0, 0.05) is 22.6 Å². The number of benzene rings is 1. The quantitative estimate of drug-likeness (QED) is 0.646. The van der Waals surface area contributed by atoms with Crippen molar-refractivity contribution in [2.24, 2.45) is 11.8 Å². The van der Waals surface area contributed by atoms with E-state index in [1.54, 1.807) is 0 Å². The minimum absolute atomic E-state index is 0.448. The number of nitrogens with two attached hydrogens (primary N) is 1. The first-order valence-electron chi connectivity index (χ1n) is 7.06. The van der Waals surface area contributed by atoms with E-state index in [0.29, 0.717) is 12.0 Å². The predicted molar refractivity (Wildman–Crippen MR) is 77.6 cm³/mol. The minimum atomic E-state index is 0.448. The van der Waals surface area contributed by atoms with E-state index in [9.17, 15) is 0 Å². The van der Waals surface area contributed by atoms with Crippen molar-refractivity contribution >= 4 is 11.8 Å². The highest BCUT2D eigenvalue weighted by molar-refractivity contribution is 7.99. The Labute approximate surface area is 114 Å². The summed E-state index contributed by atoms with van der Waals surface area (Å²) in [5.74, 6) is 8.50. The molecule has 1 heterocycles. The zero-order chi connectivity index (χ0) is 12.4. The molecule has 2 unspecified atom stereocenters. The molecule has 18 heavy (non-hydrogen) atoms. The summed E-state index contributed by atoms with van der Waals surface area (Å²) in [5, 5.41) is 0. The molecule has 3 rings (SSSR count). The summed E-state index contributed by atoms with van der Waals surface area (Å²) in [7, 11) is 0. The fraction of sp³-hybridized carbons (Fsp3) is 0.600. The van der Waals surface area contributed by atoms with Crippen LogP contribution < -0.4 is 11.3 Å². The highest BCUT2D eigenvalue weighted by Gasteiger charge is 2.31. The van der Waals surface area contributed by atoms with E-state index < -0.39 is 0 Å². The van der Waals surface area contributed by atoms with E-state index in [4.69, 9.17) is 5.84 Å². The van der Waals surface area contributed by atoms with E-state index in [1.165, 1.54) is 48.3 Å². The molecule has 0 amide bonds. The van der Waals surface area contributed by atoms with Crippen LogP contribution in [0.1, 0.15) is 43.6 Å². The van der Waals surface area contributed by atoms with Gasteiger partial charge in [0.25, 0.3) is 0 Å². The highest BCUT2D eigenvalue weighted by atomic mass is 32.2. The summed E-state index contributed by atoms with van der Waals surface area (Å²) in [5.41, 5.74) is 4.60. The lowest BCUT2D eigenvalue weighted by atomic mass is 9.87. The van der Waals surface area contributed by atoms with Crippen molar-refractivity contribution < 1.29 is 0 Å². The number of nitrogens with one attached hydrogen (secondary N) is 1. The van der Waals surface area contributed by atoms with Gasteiger partial charge in [-0.05, 0) is 24.0 Å². The largest absolute Gasteiger partial charge is 0.271 e. The monoisotopic (exact) mass is 262 g/mol. The molecule has 3 N–H and O–H groups in total. The molecule has 98 valence electrons. The molecular weight excluding hydrogens is 240 g/mol. The van der Waals surface area contributed by atoms with Crippen LogP contribution in [0.15, 0.2) is 29.2 Å². The van der Waals surface area contributed by atoms with Crippen molar-refractivity contribution in [1.29, 1.82) is 0 Å². The molecule has 2 atom stereocenters. The SMILES string of the molecule is NNC(CC1CCCC1)C1CSc2ccccc21. The molecular formula is C15H22N2S. The van der Waals surface area contributed by atoms with E-state index in [0.717, 1.165) is 5.92 Å². The van der Waals surface area contributed by atoms with Crippen molar-refractivity contribution in [3.63, 3.8) is 0 Å². The Kier molecular flexibility index (Phi) is 3.92. The van der Waals surface area contributed by atoms with Gasteiger partial charge in [0.15, 0.2) is 0 Å². The van der Waals surface area contributed by atoms with Crippen LogP contribution in [0, 0.1) is 5.92 Å². The average molecular weight is 262 g/mol. The second kappa shape index (κ2) is 5.64. The molecule has 2 aliphatic rings. The van der Waals surface area contributed by atoms with Gasteiger partial charge in [0.1, 0.15) is 0 Å². The molecule has 0 aromatic heterocycles. The summed E-state index contributed by atoms with van der Waals surface area (Å²) < 4.78 is 0. The number of hydrogen-bond donors (Lipinski definition) is 2. The Morgan fingerprint density at radius 3 is 2.83 bits per heavy atom. The summed E-state index contributed by atoms with van der Waals surface area (Å²) in [4.78, 5) is 1.45. The van der Waals surface area contributed by atoms with Gasteiger partial charge in [-0.1, -0.05) is 43.9 Å². The van der Waals surface area contributed by atoms with Gasteiger partial charge in [-0.2, -0.15) is 0 Å². The van der Waals surface area contributed by atoms with Crippen molar-refractivity contribution in [3.8, 4) is 0 Å². The van der Waals surface area contributed by atoms with E-state index in [2.05, 4.69) is 29.7 Å². The molecule has 1 saturated carbocycles. The molecule has 2 nitrogen and oxygen atoms in total. The van der Waals surface area contributed by atoms with Gasteiger partial charge in [0.2, 0.25) is 0 Å². The van der Waals surface area contributed by atoms with Crippen molar-refractivity contribution in [2.45, 2.75) is 49.0 Å². The van der Waals surface area contributed by atoms with Crippen LogP contribution in [-0.2, 0) is 0 Å². The lowest BCUT2D eigenvalue weighted by molar-refractivity contribution is 0.359. The Morgan fingerprint density at radius 2 is 2.06 bits per heavy atom. The van der Waals surface area contributed by atoms with Crippen molar-refractivity contribution in [2.75, 3.05) is 5.75 Å². The van der Waals surface area contributed by atoms with Gasteiger partial charge in [-0.25, -0.2) is 0 Å². The Hall–Kier alpha value is -0.510. The fourth-order valence-corrected chi connectivity index (χ4v) is 4.81. The standard InChI is InChI=1S/C15H22N2S/c16-17-14(9-11-5-1-2-6-11)13-10-18-15-8-4-3-7-12(13)15/h3-4,7-8,11,13-14,17H,1-2,5-6,9-10,16H2. The molecule has 1 aromatic rings. The normalized spacial score (nSPS) is 25.3. The van der Waals surface area contributed by atoms with E-state index in [-0.39, 0.29) is 0 Å². The van der Waals surface area contributed by atoms with Gasteiger partial charge in [-0.3, -0.25) is 11.3 Å². The minimum Gasteiger partial charge on any atom is -0.271 e. The van der Waals surface area contributed by atoms with E-state index >= 15 is 0 Å². The topological polar surface area (TPSA) is 38.0 Å². The number of hydrogen-bond acceptors (Lipinski definition) is 3. The predicted octanol–water partition coefficient (Wildman–Crippen LogP) is 3.29. The maximum absolute atomic E-state index is 5.83. The Balaban J connectivity index is 1.72. The molecule has 0 spiro atoms.